The van der Waals surface area contributed by atoms with E-state index in [1.807, 2.05) is 0 Å². The molecule has 0 aliphatic rings. The molecule has 0 atom stereocenters. The van der Waals surface area contributed by atoms with Crippen molar-refractivity contribution in [1.29, 1.82) is 0 Å². The predicted molar refractivity (Wildman–Crippen MR) is 119 cm³/mol. The lowest BCUT2D eigenvalue weighted by Crippen LogP contribution is -2.07. The first-order valence-electron chi connectivity index (χ1n) is 9.83. The van der Waals surface area contributed by atoms with Crippen LogP contribution in [0.5, 0.6) is 17.2 Å². The summed E-state index contributed by atoms with van der Waals surface area (Å²) >= 11 is 0. The van der Waals surface area contributed by atoms with E-state index in [4.69, 9.17) is 24.4 Å². The first-order chi connectivity index (χ1) is 16.2. The largest absolute Gasteiger partial charge is 0.493 e. The van der Waals surface area contributed by atoms with Crippen molar-refractivity contribution in [3.63, 3.8) is 0 Å². The first kappa shape index (κ1) is 27.7. The fourth-order valence-corrected chi connectivity index (χ4v) is 2.70. The van der Waals surface area contributed by atoms with Crippen molar-refractivity contribution in [2.45, 2.75) is 19.3 Å². The van der Waals surface area contributed by atoms with E-state index < -0.39 is 17.0 Å². The molecular weight excluding hydrogens is 456 g/mol. The van der Waals surface area contributed by atoms with Gasteiger partial charge in [-0.05, 0) is 25.3 Å². The molecule has 1 heterocycles. The molecule has 0 saturated carbocycles. The molecule has 0 saturated heterocycles. The maximum atomic E-state index is 10.1. The van der Waals surface area contributed by atoms with Crippen LogP contribution in [0, 0.1) is 10.1 Å². The lowest BCUT2D eigenvalue weighted by atomic mass is 10.1. The molecule has 186 valence electrons. The maximum Gasteiger partial charge on any atom is 0.328 e. The summed E-state index contributed by atoms with van der Waals surface area (Å²) < 4.78 is 16.2. The van der Waals surface area contributed by atoms with Crippen molar-refractivity contribution in [1.82, 2.24) is 9.97 Å². The molecule has 3 N–H and O–H groups in total. The van der Waals surface area contributed by atoms with Gasteiger partial charge in [-0.2, -0.15) is 0 Å². The van der Waals surface area contributed by atoms with Gasteiger partial charge >= 0.3 is 11.9 Å². The number of fused-ring (bicyclic) bond motifs is 1. The summed E-state index contributed by atoms with van der Waals surface area (Å²) in [5, 5.41) is 28.9. The third-order valence-electron chi connectivity index (χ3n) is 4.11. The summed E-state index contributed by atoms with van der Waals surface area (Å²) in [4.78, 5) is 42.0. The smallest absolute Gasteiger partial charge is 0.328 e. The van der Waals surface area contributed by atoms with Gasteiger partial charge < -0.3 is 34.6 Å². The monoisotopic (exact) mass is 482 g/mol. The van der Waals surface area contributed by atoms with Crippen molar-refractivity contribution < 1.29 is 43.9 Å². The van der Waals surface area contributed by atoms with E-state index in [-0.39, 0.29) is 6.61 Å². The SMILES string of the molecule is COc1cc2c(NCCCCCO[N+](=O)[O-])ncnc2c(OC)c1OC.O=C(O)/C=C/C(=O)O. The number of aromatic nitrogens is 2. The van der Waals surface area contributed by atoms with Gasteiger partial charge in [0.05, 0.1) is 33.3 Å². The Morgan fingerprint density at radius 2 is 1.68 bits per heavy atom. The highest BCUT2D eigenvalue weighted by molar-refractivity contribution is 5.96. The van der Waals surface area contributed by atoms with Gasteiger partial charge in [-0.15, -0.1) is 10.1 Å². The van der Waals surface area contributed by atoms with E-state index in [9.17, 15) is 19.7 Å². The van der Waals surface area contributed by atoms with Crippen molar-refractivity contribution in [2.75, 3.05) is 39.8 Å². The molecule has 0 aliphatic carbocycles. The highest BCUT2D eigenvalue weighted by Crippen LogP contribution is 2.43. The molecule has 1 aromatic carbocycles. The molecular formula is C20H26N4O10. The zero-order valence-electron chi connectivity index (χ0n) is 18.8. The zero-order chi connectivity index (χ0) is 25.5. The third kappa shape index (κ3) is 9.02. The number of carboxylic acid groups (broad SMARTS) is 2. The van der Waals surface area contributed by atoms with E-state index in [1.54, 1.807) is 20.3 Å². The molecule has 14 heteroatoms. The van der Waals surface area contributed by atoms with E-state index in [1.165, 1.54) is 13.4 Å². The van der Waals surface area contributed by atoms with Gasteiger partial charge in [-0.3, -0.25) is 0 Å². The lowest BCUT2D eigenvalue weighted by molar-refractivity contribution is -0.757. The minimum atomic E-state index is -1.26. The molecule has 0 fully saturated rings. The molecule has 1 aromatic heterocycles. The number of nitrogens with one attached hydrogen (secondary N) is 1. The van der Waals surface area contributed by atoms with Gasteiger partial charge in [0.25, 0.3) is 5.09 Å². The molecule has 2 rings (SSSR count). The van der Waals surface area contributed by atoms with Crippen molar-refractivity contribution >= 4 is 28.7 Å². The number of aliphatic carboxylic acids is 2. The number of hydrogen-bond acceptors (Lipinski definition) is 11. The van der Waals surface area contributed by atoms with Crippen molar-refractivity contribution in [2.24, 2.45) is 0 Å². The Kier molecular flexibility index (Phi) is 11.9. The summed E-state index contributed by atoms with van der Waals surface area (Å²) in [6, 6.07) is 1.80. The van der Waals surface area contributed by atoms with Gasteiger partial charge in [-0.1, -0.05) is 0 Å². The second kappa shape index (κ2) is 14.7. The number of nitrogens with zero attached hydrogens (tertiary/aromatic N) is 3. The van der Waals surface area contributed by atoms with Crippen LogP contribution < -0.4 is 19.5 Å². The minimum absolute atomic E-state index is 0.109. The minimum Gasteiger partial charge on any atom is -0.493 e. The number of carboxylic acids is 2. The van der Waals surface area contributed by atoms with Crippen LogP contribution in [0.3, 0.4) is 0 Å². The topological polar surface area (TPSA) is 192 Å². The molecule has 0 spiro atoms. The van der Waals surface area contributed by atoms with Crippen LogP contribution in [0.1, 0.15) is 19.3 Å². The van der Waals surface area contributed by atoms with E-state index in [2.05, 4.69) is 20.1 Å². The van der Waals surface area contributed by atoms with Crippen LogP contribution in [0.15, 0.2) is 24.5 Å². The Hall–Kier alpha value is -4.36. The summed E-state index contributed by atoms with van der Waals surface area (Å²) in [5.41, 5.74) is 0.613. The van der Waals surface area contributed by atoms with E-state index >= 15 is 0 Å². The fourth-order valence-electron chi connectivity index (χ4n) is 2.70. The summed E-state index contributed by atoms with van der Waals surface area (Å²) in [6.45, 7) is 0.763. The van der Waals surface area contributed by atoms with E-state index in [0.717, 1.165) is 18.2 Å². The van der Waals surface area contributed by atoms with E-state index in [0.29, 0.717) is 53.7 Å². The predicted octanol–water partition coefficient (Wildman–Crippen LogP) is 2.16. The molecule has 14 nitrogen and oxygen atoms in total. The quantitative estimate of drug-likeness (QED) is 0.163. The summed E-state index contributed by atoms with van der Waals surface area (Å²) in [5.74, 6) is -0.399. The van der Waals surface area contributed by atoms with Gasteiger partial charge in [0.2, 0.25) is 5.75 Å². The van der Waals surface area contributed by atoms with Crippen molar-refractivity contribution in [3.05, 3.63) is 34.7 Å². The lowest BCUT2D eigenvalue weighted by Gasteiger charge is -2.15. The molecule has 0 bridgehead atoms. The second-order valence-electron chi connectivity index (χ2n) is 6.32. The van der Waals surface area contributed by atoms with Gasteiger partial charge in [-0.25, -0.2) is 19.6 Å². The van der Waals surface area contributed by atoms with Crippen LogP contribution in [0.25, 0.3) is 10.9 Å². The van der Waals surface area contributed by atoms with Crippen LogP contribution in [-0.2, 0) is 14.4 Å². The van der Waals surface area contributed by atoms with Crippen molar-refractivity contribution in [3.8, 4) is 17.2 Å². The van der Waals surface area contributed by atoms with Gasteiger partial charge in [0.15, 0.2) is 11.5 Å². The molecule has 0 unspecified atom stereocenters. The van der Waals surface area contributed by atoms with Crippen LogP contribution >= 0.6 is 0 Å². The molecule has 34 heavy (non-hydrogen) atoms. The summed E-state index contributed by atoms with van der Waals surface area (Å²) in [6.07, 6.45) is 4.79. The number of rotatable bonds is 13. The number of anilines is 1. The van der Waals surface area contributed by atoms with Crippen LogP contribution in [0.2, 0.25) is 0 Å². The average Bonchev–Trinajstić information content (AvgIpc) is 2.81. The Labute approximate surface area is 194 Å². The van der Waals surface area contributed by atoms with Gasteiger partial charge in [0, 0.05) is 18.7 Å². The molecule has 0 amide bonds. The number of benzene rings is 1. The Morgan fingerprint density at radius 1 is 1.03 bits per heavy atom. The van der Waals surface area contributed by atoms with Crippen LogP contribution in [0.4, 0.5) is 5.82 Å². The second-order valence-corrected chi connectivity index (χ2v) is 6.32. The summed E-state index contributed by atoms with van der Waals surface area (Å²) in [7, 11) is 4.63. The van der Waals surface area contributed by atoms with Gasteiger partial charge in [0.1, 0.15) is 17.7 Å². The number of ether oxygens (including phenoxy) is 3. The average molecular weight is 482 g/mol. The molecule has 2 aromatic rings. The number of hydrogen-bond donors (Lipinski definition) is 3. The fraction of sp³-hybridized carbons (Fsp3) is 0.400. The number of carbonyl (C=O) groups is 2. The van der Waals surface area contributed by atoms with Crippen LogP contribution in [-0.4, -0.2) is 71.7 Å². The molecule has 0 aliphatic heterocycles. The Bertz CT molecular complexity index is 997. The zero-order valence-corrected chi connectivity index (χ0v) is 18.8. The molecule has 0 radical (unpaired) electrons. The highest BCUT2D eigenvalue weighted by atomic mass is 16.9. The first-order valence-corrected chi connectivity index (χ1v) is 9.83. The Balaban J connectivity index is 0.000000620. The third-order valence-corrected chi connectivity index (χ3v) is 4.11. The number of unbranched alkanes of at least 4 members (excludes halogenated alkanes) is 2. The maximum absolute atomic E-state index is 10.1. The number of methoxy groups -OCH3 is 3. The Morgan fingerprint density at radius 3 is 2.21 bits per heavy atom. The highest BCUT2D eigenvalue weighted by Gasteiger charge is 2.19. The standard InChI is InChI=1S/C16H22N4O6.C4H4O4/c1-23-12-9-11-13(15(25-3)14(12)24-2)18-10-19-16(11)17-7-5-4-6-8-26-20(21)22;5-3(6)1-2-4(7)8/h9-10H,4-8H2,1-3H3,(H,17,18,19);1-2H,(H,5,6)(H,7,8)/b;2-1+. The normalized spacial score (nSPS) is 10.2.